The number of rotatable bonds is 6. The van der Waals surface area contributed by atoms with Gasteiger partial charge in [0.2, 0.25) is 5.91 Å². The summed E-state index contributed by atoms with van der Waals surface area (Å²) in [6, 6.07) is 9.13. The number of nitrogens with one attached hydrogen (secondary N) is 1. The molecule has 0 fully saturated rings. The molecule has 1 aliphatic rings. The van der Waals surface area contributed by atoms with Crippen molar-refractivity contribution >= 4 is 38.4 Å². The third-order valence-corrected chi connectivity index (χ3v) is 5.98. The van der Waals surface area contributed by atoms with Crippen LogP contribution in [0.25, 0.3) is 10.8 Å². The normalized spacial score (nSPS) is 16.0. The van der Waals surface area contributed by atoms with Crippen molar-refractivity contribution in [1.82, 2.24) is 5.32 Å². The zero-order chi connectivity index (χ0) is 18.2. The van der Waals surface area contributed by atoms with Crippen LogP contribution in [-0.4, -0.2) is 38.0 Å². The van der Waals surface area contributed by atoms with Gasteiger partial charge in [0, 0.05) is 5.39 Å². The van der Waals surface area contributed by atoms with Crippen LogP contribution in [0.1, 0.15) is 19.8 Å². The minimum absolute atomic E-state index is 0.164. The van der Waals surface area contributed by atoms with Crippen LogP contribution in [0.15, 0.2) is 41.3 Å². The fourth-order valence-corrected chi connectivity index (χ4v) is 4.71. The molecular weight excluding hydrogens is 344 g/mol. The molecule has 1 heterocycles. The van der Waals surface area contributed by atoms with Crippen molar-refractivity contribution in [3.8, 4) is 0 Å². The highest BCUT2D eigenvalue weighted by Crippen LogP contribution is 2.41. The lowest BCUT2D eigenvalue weighted by atomic mass is 10.1. The van der Waals surface area contributed by atoms with Gasteiger partial charge in [-0.25, -0.2) is 13.2 Å². The van der Waals surface area contributed by atoms with Gasteiger partial charge in [0.25, 0.3) is 10.0 Å². The molecule has 0 saturated carbocycles. The zero-order valence-corrected chi connectivity index (χ0v) is 14.4. The second kappa shape index (κ2) is 6.36. The molecule has 0 spiro atoms. The summed E-state index contributed by atoms with van der Waals surface area (Å²) in [6.45, 7) is 1.36. The Labute approximate surface area is 145 Å². The molecular formula is C17H18N2O5S. The number of amides is 1. The van der Waals surface area contributed by atoms with E-state index in [1.54, 1.807) is 18.2 Å². The van der Waals surface area contributed by atoms with E-state index in [1.165, 1.54) is 6.07 Å². The third kappa shape index (κ3) is 2.93. The summed E-state index contributed by atoms with van der Waals surface area (Å²) < 4.78 is 26.6. The van der Waals surface area contributed by atoms with Gasteiger partial charge in [-0.1, -0.05) is 37.6 Å². The van der Waals surface area contributed by atoms with E-state index in [-0.39, 0.29) is 11.3 Å². The lowest BCUT2D eigenvalue weighted by Crippen LogP contribution is -2.46. The van der Waals surface area contributed by atoms with E-state index in [4.69, 9.17) is 5.11 Å². The minimum Gasteiger partial charge on any atom is -0.480 e. The number of benzene rings is 2. The fraction of sp³-hybridized carbons (Fsp3) is 0.294. The quantitative estimate of drug-likeness (QED) is 0.814. The van der Waals surface area contributed by atoms with Crippen molar-refractivity contribution in [1.29, 1.82) is 0 Å². The lowest BCUT2D eigenvalue weighted by Gasteiger charge is -2.20. The number of nitrogens with zero attached hydrogens (tertiary/aromatic N) is 1. The number of aliphatic carboxylic acids is 1. The maximum Gasteiger partial charge on any atom is 0.326 e. The molecule has 2 N–H and O–H groups in total. The van der Waals surface area contributed by atoms with Crippen molar-refractivity contribution in [3.63, 3.8) is 0 Å². The Morgan fingerprint density at radius 2 is 1.88 bits per heavy atom. The first kappa shape index (κ1) is 17.2. The number of carboxylic acids is 1. The highest BCUT2D eigenvalue weighted by Gasteiger charge is 2.37. The van der Waals surface area contributed by atoms with Gasteiger partial charge >= 0.3 is 5.97 Å². The van der Waals surface area contributed by atoms with Crippen LogP contribution in [0.4, 0.5) is 5.69 Å². The second-order valence-corrected chi connectivity index (χ2v) is 7.72. The van der Waals surface area contributed by atoms with Crippen LogP contribution >= 0.6 is 0 Å². The predicted octanol–water partition coefficient (Wildman–Crippen LogP) is 1.72. The Balaban J connectivity index is 1.90. The number of sulfonamides is 1. The van der Waals surface area contributed by atoms with Crippen LogP contribution in [-0.2, 0) is 19.6 Å². The van der Waals surface area contributed by atoms with Gasteiger partial charge in [0.15, 0.2) is 0 Å². The van der Waals surface area contributed by atoms with Gasteiger partial charge < -0.3 is 10.4 Å². The van der Waals surface area contributed by atoms with Crippen LogP contribution in [0.2, 0.25) is 0 Å². The Kier molecular flexibility index (Phi) is 4.38. The molecule has 0 aliphatic carbocycles. The number of carbonyl (C=O) groups is 2. The highest BCUT2D eigenvalue weighted by molar-refractivity contribution is 7.93. The molecule has 3 rings (SSSR count). The van der Waals surface area contributed by atoms with Gasteiger partial charge in [-0.2, -0.15) is 0 Å². The molecule has 0 bridgehead atoms. The average molecular weight is 362 g/mol. The standard InChI is InChI=1S/C17H18N2O5S/c1-2-5-12(17(21)22)18-15(20)10-19-13-8-3-6-11-7-4-9-14(16(11)13)25(19,23)24/h3-4,6-9,12H,2,5,10H2,1H3,(H,18,20)(H,21,22). The van der Waals surface area contributed by atoms with Crippen LogP contribution in [0, 0.1) is 0 Å². The summed E-state index contributed by atoms with van der Waals surface area (Å²) in [7, 11) is -3.84. The molecule has 0 aromatic heterocycles. The average Bonchev–Trinajstić information content (AvgIpc) is 2.78. The SMILES string of the molecule is CCCC(NC(=O)CN1c2cccc3cccc(c23)S1(=O)=O)C(=O)O. The van der Waals surface area contributed by atoms with Crippen LogP contribution in [0.5, 0.6) is 0 Å². The molecule has 0 saturated heterocycles. The van der Waals surface area contributed by atoms with Crippen molar-refractivity contribution in [2.45, 2.75) is 30.7 Å². The minimum atomic E-state index is -3.84. The van der Waals surface area contributed by atoms with Gasteiger partial charge in [-0.3, -0.25) is 9.10 Å². The van der Waals surface area contributed by atoms with Gasteiger partial charge in [-0.15, -0.1) is 0 Å². The molecule has 2 aromatic carbocycles. The van der Waals surface area contributed by atoms with Gasteiger partial charge in [-0.05, 0) is 23.9 Å². The Morgan fingerprint density at radius 3 is 2.52 bits per heavy atom. The lowest BCUT2D eigenvalue weighted by molar-refractivity contribution is -0.141. The smallest absolute Gasteiger partial charge is 0.326 e. The Bertz CT molecular complexity index is 949. The van der Waals surface area contributed by atoms with Crippen molar-refractivity contribution in [2.24, 2.45) is 0 Å². The topological polar surface area (TPSA) is 104 Å². The Hall–Kier alpha value is -2.61. The van der Waals surface area contributed by atoms with Crippen molar-refractivity contribution in [2.75, 3.05) is 10.8 Å². The summed E-state index contributed by atoms with van der Waals surface area (Å²) in [5.41, 5.74) is 0.436. The molecule has 8 heteroatoms. The Morgan fingerprint density at radius 1 is 1.20 bits per heavy atom. The molecule has 7 nitrogen and oxygen atoms in total. The summed E-state index contributed by atoms with van der Waals surface area (Å²) in [5.74, 6) is -1.78. The van der Waals surface area contributed by atoms with E-state index < -0.39 is 34.5 Å². The van der Waals surface area contributed by atoms with E-state index in [0.29, 0.717) is 17.5 Å². The van der Waals surface area contributed by atoms with Crippen molar-refractivity contribution < 1.29 is 23.1 Å². The fourth-order valence-electron chi connectivity index (χ4n) is 3.04. The largest absolute Gasteiger partial charge is 0.480 e. The predicted molar refractivity (Wildman–Crippen MR) is 93.0 cm³/mol. The van der Waals surface area contributed by atoms with Gasteiger partial charge in [0.1, 0.15) is 12.6 Å². The highest BCUT2D eigenvalue weighted by atomic mass is 32.2. The molecule has 132 valence electrons. The monoisotopic (exact) mass is 362 g/mol. The summed E-state index contributed by atoms with van der Waals surface area (Å²) in [6.07, 6.45) is 0.869. The summed E-state index contributed by atoms with van der Waals surface area (Å²) in [5, 5.41) is 12.9. The summed E-state index contributed by atoms with van der Waals surface area (Å²) >= 11 is 0. The van der Waals surface area contributed by atoms with Crippen molar-refractivity contribution in [3.05, 3.63) is 36.4 Å². The van der Waals surface area contributed by atoms with E-state index in [2.05, 4.69) is 5.32 Å². The molecule has 1 atom stereocenters. The first-order valence-corrected chi connectivity index (χ1v) is 9.37. The van der Waals surface area contributed by atoms with Crippen LogP contribution in [0.3, 0.4) is 0 Å². The second-order valence-electron chi connectivity index (χ2n) is 5.89. The number of carboxylic acid groups (broad SMARTS) is 1. The first-order valence-electron chi connectivity index (χ1n) is 7.93. The van der Waals surface area contributed by atoms with Gasteiger partial charge in [0.05, 0.1) is 10.6 Å². The molecule has 25 heavy (non-hydrogen) atoms. The van der Waals surface area contributed by atoms with E-state index >= 15 is 0 Å². The van der Waals surface area contributed by atoms with Crippen LogP contribution < -0.4 is 9.62 Å². The first-order chi connectivity index (χ1) is 11.9. The maximum absolute atomic E-state index is 12.8. The third-order valence-electron chi connectivity index (χ3n) is 4.18. The van der Waals surface area contributed by atoms with E-state index in [0.717, 1.165) is 9.69 Å². The molecule has 1 unspecified atom stereocenters. The number of anilines is 1. The summed E-state index contributed by atoms with van der Waals surface area (Å²) in [4.78, 5) is 23.6. The number of hydrogen-bond donors (Lipinski definition) is 2. The zero-order valence-electron chi connectivity index (χ0n) is 13.6. The molecule has 2 aromatic rings. The molecule has 1 aliphatic heterocycles. The van der Waals surface area contributed by atoms with E-state index in [9.17, 15) is 18.0 Å². The maximum atomic E-state index is 12.8. The molecule has 1 amide bonds. The number of hydrogen-bond acceptors (Lipinski definition) is 4. The molecule has 0 radical (unpaired) electrons. The number of carbonyl (C=O) groups excluding carboxylic acids is 1. The van der Waals surface area contributed by atoms with E-state index in [1.807, 2.05) is 19.1 Å².